The lowest BCUT2D eigenvalue weighted by molar-refractivity contribution is 0.102. The maximum atomic E-state index is 13.2. The van der Waals surface area contributed by atoms with Crippen LogP contribution < -0.4 is 9.62 Å². The first-order valence-corrected chi connectivity index (χ1v) is 11.5. The van der Waals surface area contributed by atoms with E-state index in [1.807, 2.05) is 32.9 Å². The average Bonchev–Trinajstić information content (AvgIpc) is 3.17. The monoisotopic (exact) mass is 448 g/mol. The van der Waals surface area contributed by atoms with Crippen molar-refractivity contribution in [2.75, 3.05) is 16.7 Å². The number of hydrogen-bond donors (Lipinski definition) is 1. The number of rotatable bonds is 5. The molecule has 0 atom stereocenters. The topological polar surface area (TPSA) is 66.5 Å². The van der Waals surface area contributed by atoms with Gasteiger partial charge in [0.15, 0.2) is 0 Å². The minimum atomic E-state index is -3.90. The van der Waals surface area contributed by atoms with Gasteiger partial charge in [-0.2, -0.15) is 0 Å². The minimum Gasteiger partial charge on any atom is -0.321 e. The summed E-state index contributed by atoms with van der Waals surface area (Å²) in [6.07, 6.45) is 0. The highest BCUT2D eigenvalue weighted by Gasteiger charge is 2.28. The smallest absolute Gasteiger partial charge is 0.267 e. The predicted molar refractivity (Wildman–Crippen MR) is 120 cm³/mol. The van der Waals surface area contributed by atoms with Gasteiger partial charge in [-0.25, -0.2) is 8.42 Å². The summed E-state index contributed by atoms with van der Waals surface area (Å²) in [5, 5.41) is 4.84. The molecule has 5 nitrogen and oxygen atoms in total. The fraction of sp³-hybridized carbons (Fsp3) is 0.190. The van der Waals surface area contributed by atoms with Crippen molar-refractivity contribution in [3.05, 3.63) is 74.4 Å². The van der Waals surface area contributed by atoms with E-state index in [4.69, 9.17) is 11.6 Å². The molecule has 0 saturated carbocycles. The summed E-state index contributed by atoms with van der Waals surface area (Å²) in [5.74, 6) is -0.494. The molecule has 0 unspecified atom stereocenters. The lowest BCUT2D eigenvalue weighted by Gasteiger charge is -2.20. The van der Waals surface area contributed by atoms with Crippen LogP contribution in [0.15, 0.2) is 52.7 Å². The Kier molecular flexibility index (Phi) is 6.03. The standard InChI is InChI=1S/C21H21ClN2O3S2/c1-13-6-8-17(11-15(13)3)24(4)29(26,27)19-9-10-28-20(19)21(25)23-16-7-5-14(2)18(22)12-16/h5-12H,1-4H3,(H,23,25). The highest BCUT2D eigenvalue weighted by molar-refractivity contribution is 7.93. The van der Waals surface area contributed by atoms with Crippen molar-refractivity contribution < 1.29 is 13.2 Å². The van der Waals surface area contributed by atoms with Gasteiger partial charge in [0, 0.05) is 17.8 Å². The van der Waals surface area contributed by atoms with E-state index < -0.39 is 15.9 Å². The number of hydrogen-bond acceptors (Lipinski definition) is 4. The van der Waals surface area contributed by atoms with Gasteiger partial charge in [0.25, 0.3) is 15.9 Å². The van der Waals surface area contributed by atoms with Crippen LogP contribution in [0.1, 0.15) is 26.4 Å². The third-order valence-electron chi connectivity index (χ3n) is 4.76. The number of thiophene rings is 1. The van der Waals surface area contributed by atoms with Gasteiger partial charge in [0.05, 0.1) is 5.69 Å². The summed E-state index contributed by atoms with van der Waals surface area (Å²) in [6.45, 7) is 5.75. The average molecular weight is 449 g/mol. The molecular formula is C21H21ClN2O3S2. The molecule has 3 rings (SSSR count). The van der Waals surface area contributed by atoms with Crippen molar-refractivity contribution in [1.29, 1.82) is 0 Å². The number of carbonyl (C=O) groups excluding carboxylic acids is 1. The molecule has 1 amide bonds. The van der Waals surface area contributed by atoms with Crippen LogP contribution in [0.4, 0.5) is 11.4 Å². The van der Waals surface area contributed by atoms with Crippen LogP contribution in [-0.4, -0.2) is 21.4 Å². The number of nitrogens with one attached hydrogen (secondary N) is 1. The number of amides is 1. The summed E-state index contributed by atoms with van der Waals surface area (Å²) in [4.78, 5) is 12.9. The van der Waals surface area contributed by atoms with E-state index in [0.29, 0.717) is 16.4 Å². The van der Waals surface area contributed by atoms with Crippen LogP contribution >= 0.6 is 22.9 Å². The van der Waals surface area contributed by atoms with Gasteiger partial charge in [-0.3, -0.25) is 9.10 Å². The Morgan fingerprint density at radius 2 is 1.69 bits per heavy atom. The third kappa shape index (κ3) is 4.32. The van der Waals surface area contributed by atoms with Crippen molar-refractivity contribution in [2.24, 2.45) is 0 Å². The van der Waals surface area contributed by atoms with Crippen molar-refractivity contribution in [1.82, 2.24) is 0 Å². The second-order valence-corrected chi connectivity index (χ2v) is 10.0. The second kappa shape index (κ2) is 8.18. The first kappa shape index (κ1) is 21.4. The van der Waals surface area contributed by atoms with Crippen LogP contribution in [0.3, 0.4) is 0 Å². The summed E-state index contributed by atoms with van der Waals surface area (Å²) in [5.41, 5.74) is 4.00. The molecular weight excluding hydrogens is 428 g/mol. The zero-order valence-corrected chi connectivity index (χ0v) is 18.9. The maximum absolute atomic E-state index is 13.2. The fourth-order valence-electron chi connectivity index (χ4n) is 2.73. The number of anilines is 2. The molecule has 1 heterocycles. The van der Waals surface area contributed by atoms with E-state index in [-0.39, 0.29) is 9.77 Å². The molecule has 0 saturated heterocycles. The molecule has 0 bridgehead atoms. The molecule has 3 aromatic rings. The van der Waals surface area contributed by atoms with Gasteiger partial charge >= 0.3 is 0 Å². The first-order valence-electron chi connectivity index (χ1n) is 8.82. The van der Waals surface area contributed by atoms with Gasteiger partial charge in [-0.1, -0.05) is 23.7 Å². The fourth-order valence-corrected chi connectivity index (χ4v) is 5.39. The zero-order chi connectivity index (χ0) is 21.3. The Hall–Kier alpha value is -2.35. The number of carbonyl (C=O) groups is 1. The molecule has 8 heteroatoms. The SMILES string of the molecule is Cc1ccc(N(C)S(=O)(=O)c2ccsc2C(=O)Nc2ccc(C)c(Cl)c2)cc1C. The molecule has 1 N–H and O–H groups in total. The van der Waals surface area contributed by atoms with Crippen LogP contribution in [-0.2, 0) is 10.0 Å². The van der Waals surface area contributed by atoms with E-state index in [9.17, 15) is 13.2 Å². The summed E-state index contributed by atoms with van der Waals surface area (Å²) in [6, 6.07) is 12.0. The molecule has 152 valence electrons. The number of sulfonamides is 1. The summed E-state index contributed by atoms with van der Waals surface area (Å²) in [7, 11) is -2.42. The van der Waals surface area contributed by atoms with Gasteiger partial charge in [0.1, 0.15) is 9.77 Å². The van der Waals surface area contributed by atoms with E-state index in [1.165, 1.54) is 17.4 Å². The Labute approximate surface area is 180 Å². The highest BCUT2D eigenvalue weighted by atomic mass is 35.5. The van der Waals surface area contributed by atoms with Gasteiger partial charge in [-0.05, 0) is 73.2 Å². The number of nitrogens with zero attached hydrogens (tertiary/aromatic N) is 1. The number of aryl methyl sites for hydroxylation is 3. The Morgan fingerprint density at radius 1 is 1.00 bits per heavy atom. The van der Waals surface area contributed by atoms with Gasteiger partial charge in [0.2, 0.25) is 0 Å². The Balaban J connectivity index is 1.92. The molecule has 0 radical (unpaired) electrons. The van der Waals surface area contributed by atoms with Gasteiger partial charge < -0.3 is 5.32 Å². The molecule has 0 fully saturated rings. The first-order chi connectivity index (χ1) is 13.6. The quantitative estimate of drug-likeness (QED) is 0.567. The maximum Gasteiger partial charge on any atom is 0.267 e. The van der Waals surface area contributed by atoms with Crippen molar-refractivity contribution >= 4 is 50.2 Å². The van der Waals surface area contributed by atoms with E-state index in [0.717, 1.165) is 28.0 Å². The largest absolute Gasteiger partial charge is 0.321 e. The number of halogens is 1. The molecule has 0 aliphatic rings. The van der Waals surface area contributed by atoms with Crippen molar-refractivity contribution in [3.63, 3.8) is 0 Å². The zero-order valence-electron chi connectivity index (χ0n) is 16.5. The highest BCUT2D eigenvalue weighted by Crippen LogP contribution is 2.30. The molecule has 1 aromatic heterocycles. The number of benzene rings is 2. The Bertz CT molecular complexity index is 1190. The van der Waals surface area contributed by atoms with E-state index in [1.54, 1.807) is 29.6 Å². The van der Waals surface area contributed by atoms with Crippen molar-refractivity contribution in [2.45, 2.75) is 25.7 Å². The minimum absolute atomic E-state index is 0.0288. The van der Waals surface area contributed by atoms with Crippen LogP contribution in [0.2, 0.25) is 5.02 Å². The van der Waals surface area contributed by atoms with E-state index >= 15 is 0 Å². The van der Waals surface area contributed by atoms with Crippen molar-refractivity contribution in [3.8, 4) is 0 Å². The third-order valence-corrected chi connectivity index (χ3v) is 8.04. The lowest BCUT2D eigenvalue weighted by Crippen LogP contribution is -2.28. The van der Waals surface area contributed by atoms with Crippen LogP contribution in [0.25, 0.3) is 0 Å². The Morgan fingerprint density at radius 3 is 2.34 bits per heavy atom. The molecule has 0 aliphatic heterocycles. The molecule has 0 aliphatic carbocycles. The lowest BCUT2D eigenvalue weighted by atomic mass is 10.1. The predicted octanol–water partition coefficient (Wildman–Crippen LogP) is 5.40. The normalized spacial score (nSPS) is 11.3. The summed E-state index contributed by atoms with van der Waals surface area (Å²) < 4.78 is 27.6. The molecule has 2 aromatic carbocycles. The summed E-state index contributed by atoms with van der Waals surface area (Å²) >= 11 is 7.19. The van der Waals surface area contributed by atoms with Gasteiger partial charge in [-0.15, -0.1) is 11.3 Å². The van der Waals surface area contributed by atoms with Crippen LogP contribution in [0, 0.1) is 20.8 Å². The van der Waals surface area contributed by atoms with E-state index in [2.05, 4.69) is 5.32 Å². The molecule has 0 spiro atoms. The molecule has 29 heavy (non-hydrogen) atoms. The second-order valence-electron chi connectivity index (χ2n) is 6.77. The van der Waals surface area contributed by atoms with Crippen LogP contribution in [0.5, 0.6) is 0 Å².